The van der Waals surface area contributed by atoms with Crippen LogP contribution < -0.4 is 13.6 Å². The molecule has 4 rings (SSSR count). The molecule has 0 aliphatic carbocycles. The third-order valence-electron chi connectivity index (χ3n) is 5.14. The van der Waals surface area contributed by atoms with E-state index in [1.807, 2.05) is 80.6 Å². The van der Waals surface area contributed by atoms with Crippen molar-refractivity contribution >= 4 is 18.6 Å². The summed E-state index contributed by atoms with van der Waals surface area (Å²) in [5.41, 5.74) is 3.19. The van der Waals surface area contributed by atoms with E-state index >= 15 is 0 Å². The van der Waals surface area contributed by atoms with Gasteiger partial charge in [0.25, 0.3) is 0 Å². The van der Waals surface area contributed by atoms with Gasteiger partial charge in [0.05, 0.1) is 0 Å². The molecule has 1 atom stereocenters. The molecular weight excluding hydrogens is 431 g/mol. The summed E-state index contributed by atoms with van der Waals surface area (Å²) in [6.07, 6.45) is 0.963. The molecule has 0 saturated carbocycles. The van der Waals surface area contributed by atoms with Gasteiger partial charge >= 0.3 is 7.82 Å². The Balaban J connectivity index is 1.65. The van der Waals surface area contributed by atoms with Crippen LogP contribution in [0.15, 0.2) is 84.9 Å². The lowest BCUT2D eigenvalue weighted by molar-refractivity contribution is 0.298. The maximum absolute atomic E-state index is 13.9. The minimum Gasteiger partial charge on any atom is -0.386 e. The molecule has 0 bridgehead atoms. The SMILES string of the molecule is Cc1cc(C)cc(OP(=O)(Oc2ccc(CC(C)C)cc2)Oc2ccc3ccccc3c2)c1. The van der Waals surface area contributed by atoms with Gasteiger partial charge in [-0.15, -0.1) is 0 Å². The van der Waals surface area contributed by atoms with Crippen LogP contribution in [0.5, 0.6) is 17.2 Å². The molecule has 0 aliphatic heterocycles. The highest BCUT2D eigenvalue weighted by Gasteiger charge is 2.33. The first kappa shape index (κ1) is 22.9. The van der Waals surface area contributed by atoms with Gasteiger partial charge in [0, 0.05) is 0 Å². The van der Waals surface area contributed by atoms with Gasteiger partial charge in [-0.2, -0.15) is 4.57 Å². The highest BCUT2D eigenvalue weighted by Crippen LogP contribution is 2.50. The number of hydrogen-bond acceptors (Lipinski definition) is 4. The summed E-state index contributed by atoms with van der Waals surface area (Å²) >= 11 is 0. The minimum atomic E-state index is -4.05. The lowest BCUT2D eigenvalue weighted by Crippen LogP contribution is -2.08. The topological polar surface area (TPSA) is 44.8 Å². The molecule has 4 aromatic carbocycles. The Morgan fingerprint density at radius 2 is 1.24 bits per heavy atom. The normalized spacial score (nSPS) is 13.0. The van der Waals surface area contributed by atoms with Gasteiger partial charge < -0.3 is 13.6 Å². The molecule has 0 amide bonds. The molecule has 4 aromatic rings. The van der Waals surface area contributed by atoms with Crippen molar-refractivity contribution in [3.63, 3.8) is 0 Å². The standard InChI is InChI=1S/C28H29O4P/c1-20(2)15-23-9-12-26(13-10-23)30-33(29,32-28-17-21(3)16-22(4)18-28)31-27-14-11-24-7-5-6-8-25(24)19-27/h5-14,16-20H,15H2,1-4H3. The van der Waals surface area contributed by atoms with E-state index in [-0.39, 0.29) is 0 Å². The summed E-state index contributed by atoms with van der Waals surface area (Å²) in [4.78, 5) is 0. The van der Waals surface area contributed by atoms with Crippen LogP contribution in [0.25, 0.3) is 10.8 Å². The zero-order valence-electron chi connectivity index (χ0n) is 19.4. The highest BCUT2D eigenvalue weighted by atomic mass is 31.2. The first-order valence-electron chi connectivity index (χ1n) is 11.1. The number of rotatable bonds is 8. The molecule has 4 nitrogen and oxygen atoms in total. The Hall–Kier alpha value is -3.23. The molecule has 33 heavy (non-hydrogen) atoms. The van der Waals surface area contributed by atoms with Crippen LogP contribution in [0, 0.1) is 19.8 Å². The Kier molecular flexibility index (Phi) is 6.76. The third kappa shape index (κ3) is 6.18. The monoisotopic (exact) mass is 460 g/mol. The van der Waals surface area contributed by atoms with Crippen molar-refractivity contribution < 1.29 is 18.1 Å². The van der Waals surface area contributed by atoms with E-state index < -0.39 is 7.82 Å². The Bertz CT molecular complexity index is 1270. The van der Waals surface area contributed by atoms with Crippen molar-refractivity contribution in [1.82, 2.24) is 0 Å². The van der Waals surface area contributed by atoms with Crippen molar-refractivity contribution in [2.45, 2.75) is 34.1 Å². The molecular formula is C28H29O4P. The Morgan fingerprint density at radius 3 is 1.91 bits per heavy atom. The first-order chi connectivity index (χ1) is 15.8. The number of fused-ring (bicyclic) bond motifs is 1. The molecule has 0 saturated heterocycles. The summed E-state index contributed by atoms with van der Waals surface area (Å²) in [6.45, 7) is 8.27. The minimum absolute atomic E-state index is 0.415. The summed E-state index contributed by atoms with van der Waals surface area (Å²) in [5, 5.41) is 2.04. The molecule has 170 valence electrons. The molecule has 0 aromatic heterocycles. The quantitative estimate of drug-likeness (QED) is 0.248. The summed E-state index contributed by atoms with van der Waals surface area (Å²) in [7, 11) is -4.05. The molecule has 1 unspecified atom stereocenters. The van der Waals surface area contributed by atoms with Crippen LogP contribution >= 0.6 is 7.82 Å². The van der Waals surface area contributed by atoms with Crippen LogP contribution in [0.4, 0.5) is 0 Å². The van der Waals surface area contributed by atoms with E-state index in [2.05, 4.69) is 13.8 Å². The smallest absolute Gasteiger partial charge is 0.386 e. The molecule has 0 aliphatic rings. The van der Waals surface area contributed by atoms with Crippen LogP contribution in [0.2, 0.25) is 0 Å². The molecule has 0 fully saturated rings. The van der Waals surface area contributed by atoms with Crippen LogP contribution in [-0.2, 0) is 11.0 Å². The average molecular weight is 461 g/mol. The number of benzene rings is 4. The van der Waals surface area contributed by atoms with Crippen molar-refractivity contribution in [2.24, 2.45) is 5.92 Å². The van der Waals surface area contributed by atoms with Crippen LogP contribution in [0.1, 0.15) is 30.5 Å². The van der Waals surface area contributed by atoms with E-state index in [9.17, 15) is 4.57 Å². The maximum Gasteiger partial charge on any atom is 0.647 e. The van der Waals surface area contributed by atoms with E-state index in [0.717, 1.165) is 28.3 Å². The van der Waals surface area contributed by atoms with Crippen molar-refractivity contribution in [1.29, 1.82) is 0 Å². The number of phosphoric ester groups is 1. The molecule has 5 heteroatoms. The van der Waals surface area contributed by atoms with Gasteiger partial charge in [-0.25, -0.2) is 0 Å². The summed E-state index contributed by atoms with van der Waals surface area (Å²) < 4.78 is 31.5. The molecule has 0 heterocycles. The Labute approximate surface area is 195 Å². The highest BCUT2D eigenvalue weighted by molar-refractivity contribution is 7.49. The second-order valence-corrected chi connectivity index (χ2v) is 10.2. The van der Waals surface area contributed by atoms with Gasteiger partial charge in [0.2, 0.25) is 0 Å². The van der Waals surface area contributed by atoms with E-state index in [1.165, 1.54) is 5.56 Å². The van der Waals surface area contributed by atoms with Crippen molar-refractivity contribution in [3.8, 4) is 17.2 Å². The molecule has 0 radical (unpaired) electrons. The zero-order chi connectivity index (χ0) is 23.4. The largest absolute Gasteiger partial charge is 0.647 e. The lowest BCUT2D eigenvalue weighted by atomic mass is 10.0. The van der Waals surface area contributed by atoms with Gasteiger partial charge in [0.1, 0.15) is 17.2 Å². The fourth-order valence-corrected chi connectivity index (χ4v) is 5.04. The van der Waals surface area contributed by atoms with Gasteiger partial charge in [0.15, 0.2) is 0 Å². The Morgan fingerprint density at radius 1 is 0.667 bits per heavy atom. The number of phosphoric acid groups is 1. The average Bonchev–Trinajstić information content (AvgIpc) is 2.74. The van der Waals surface area contributed by atoms with Gasteiger partial charge in [-0.3, -0.25) is 0 Å². The van der Waals surface area contributed by atoms with Crippen LogP contribution in [-0.4, -0.2) is 0 Å². The van der Waals surface area contributed by atoms with E-state index in [1.54, 1.807) is 18.2 Å². The predicted octanol–water partition coefficient (Wildman–Crippen LogP) is 8.30. The third-order valence-corrected chi connectivity index (χ3v) is 6.44. The maximum atomic E-state index is 13.9. The fourth-order valence-electron chi connectivity index (χ4n) is 3.81. The number of aryl methyl sites for hydroxylation is 2. The van der Waals surface area contributed by atoms with Crippen molar-refractivity contribution in [3.05, 3.63) is 102 Å². The molecule has 0 spiro atoms. The lowest BCUT2D eigenvalue weighted by Gasteiger charge is -2.20. The summed E-state index contributed by atoms with van der Waals surface area (Å²) in [5.74, 6) is 1.83. The van der Waals surface area contributed by atoms with Crippen molar-refractivity contribution in [2.75, 3.05) is 0 Å². The summed E-state index contributed by atoms with van der Waals surface area (Å²) in [6, 6.07) is 26.7. The fraction of sp³-hybridized carbons (Fsp3) is 0.214. The van der Waals surface area contributed by atoms with E-state index in [4.69, 9.17) is 13.6 Å². The van der Waals surface area contributed by atoms with Crippen LogP contribution in [0.3, 0.4) is 0 Å². The van der Waals surface area contributed by atoms with Gasteiger partial charge in [-0.1, -0.05) is 62.4 Å². The second-order valence-electron chi connectivity index (χ2n) is 8.80. The van der Waals surface area contributed by atoms with E-state index in [0.29, 0.717) is 23.2 Å². The predicted molar refractivity (Wildman–Crippen MR) is 134 cm³/mol. The second kappa shape index (κ2) is 9.72. The number of hydrogen-bond donors (Lipinski definition) is 0. The van der Waals surface area contributed by atoms with Gasteiger partial charge in [-0.05, 0) is 90.0 Å². The zero-order valence-corrected chi connectivity index (χ0v) is 20.3. The molecule has 0 N–H and O–H groups in total. The first-order valence-corrected chi connectivity index (χ1v) is 12.6.